The molecule has 5 rings (SSSR count). The van der Waals surface area contributed by atoms with Crippen LogP contribution in [0.5, 0.6) is 5.75 Å². The van der Waals surface area contributed by atoms with Crippen molar-refractivity contribution in [2.45, 2.75) is 51.4 Å². The van der Waals surface area contributed by atoms with Crippen LogP contribution in [-0.2, 0) is 22.6 Å². The van der Waals surface area contributed by atoms with Crippen molar-refractivity contribution in [2.75, 3.05) is 20.3 Å². The lowest BCUT2D eigenvalue weighted by Crippen LogP contribution is -2.64. The number of ether oxygens (including phenoxy) is 2. The molecule has 0 radical (unpaired) electrons. The maximum atomic E-state index is 13.9. The van der Waals surface area contributed by atoms with Crippen molar-refractivity contribution in [3.05, 3.63) is 65.4 Å². The molecule has 2 aliphatic heterocycles. The first kappa shape index (κ1) is 22.5. The molecule has 178 valence electrons. The fourth-order valence-corrected chi connectivity index (χ4v) is 4.98. The number of benzene rings is 2. The summed E-state index contributed by atoms with van der Waals surface area (Å²) in [6.07, 6.45) is 1.98. The first-order chi connectivity index (χ1) is 16.4. The molecular weight excluding hydrogens is 430 g/mol. The molecular formula is C27H31N3O4. The highest BCUT2D eigenvalue weighted by Crippen LogP contribution is 2.35. The number of carbonyl (C=O) groups is 2. The van der Waals surface area contributed by atoms with Gasteiger partial charge in [-0.25, -0.2) is 0 Å². The van der Waals surface area contributed by atoms with E-state index in [1.54, 1.807) is 12.0 Å². The van der Waals surface area contributed by atoms with Gasteiger partial charge >= 0.3 is 0 Å². The van der Waals surface area contributed by atoms with E-state index in [0.717, 1.165) is 41.5 Å². The van der Waals surface area contributed by atoms with Crippen molar-refractivity contribution in [3.63, 3.8) is 0 Å². The summed E-state index contributed by atoms with van der Waals surface area (Å²) in [4.78, 5) is 29.2. The number of rotatable bonds is 6. The number of amides is 2. The minimum absolute atomic E-state index is 0.0321. The lowest BCUT2D eigenvalue weighted by Gasteiger charge is -2.44. The molecule has 1 N–H and O–H groups in total. The Morgan fingerprint density at radius 1 is 1.21 bits per heavy atom. The minimum atomic E-state index is -1.07. The molecule has 3 heterocycles. The van der Waals surface area contributed by atoms with E-state index in [0.29, 0.717) is 31.1 Å². The summed E-state index contributed by atoms with van der Waals surface area (Å²) < 4.78 is 13.1. The Morgan fingerprint density at radius 3 is 2.71 bits per heavy atom. The Morgan fingerprint density at radius 2 is 2.00 bits per heavy atom. The summed E-state index contributed by atoms with van der Waals surface area (Å²) in [6, 6.07) is 15.8. The standard InChI is InChI=1S/C27H31N3O4/c1-18-6-8-19(9-7-18)16-30-25(31)24-13-20-10-11-21(33-3)14-23(20)29(24)17-27(30,2)26(32)28-15-22-5-4-12-34-22/h6-11,13-14,22H,4-5,12,15-17H2,1-3H3,(H,28,32). The highest BCUT2D eigenvalue weighted by molar-refractivity contribution is 6.03. The summed E-state index contributed by atoms with van der Waals surface area (Å²) in [5.41, 5.74) is 2.54. The average molecular weight is 462 g/mol. The van der Waals surface area contributed by atoms with Gasteiger partial charge in [0.15, 0.2) is 0 Å². The summed E-state index contributed by atoms with van der Waals surface area (Å²) in [6.45, 7) is 5.79. The SMILES string of the molecule is COc1ccc2cc3n(c2c1)CC(C)(C(=O)NCC1CCCO1)N(Cc1ccc(C)cc1)C3=O. The predicted octanol–water partition coefficient (Wildman–Crippen LogP) is 3.67. The van der Waals surface area contributed by atoms with E-state index >= 15 is 0 Å². The zero-order chi connectivity index (χ0) is 23.9. The van der Waals surface area contributed by atoms with Crippen LogP contribution >= 0.6 is 0 Å². The van der Waals surface area contributed by atoms with Gasteiger partial charge in [0.2, 0.25) is 5.91 Å². The van der Waals surface area contributed by atoms with Crippen molar-refractivity contribution >= 4 is 22.7 Å². The van der Waals surface area contributed by atoms with Gasteiger partial charge in [-0.15, -0.1) is 0 Å². The van der Waals surface area contributed by atoms with E-state index in [1.807, 2.05) is 66.9 Å². The summed E-state index contributed by atoms with van der Waals surface area (Å²) >= 11 is 0. The zero-order valence-electron chi connectivity index (χ0n) is 20.0. The molecule has 0 aliphatic carbocycles. The van der Waals surface area contributed by atoms with Gasteiger partial charge < -0.3 is 24.3 Å². The van der Waals surface area contributed by atoms with Crippen molar-refractivity contribution in [1.82, 2.24) is 14.8 Å². The minimum Gasteiger partial charge on any atom is -0.497 e. The van der Waals surface area contributed by atoms with Crippen LogP contribution < -0.4 is 10.1 Å². The van der Waals surface area contributed by atoms with Crippen molar-refractivity contribution < 1.29 is 19.1 Å². The highest BCUT2D eigenvalue weighted by atomic mass is 16.5. The van der Waals surface area contributed by atoms with Gasteiger partial charge in [0.25, 0.3) is 5.91 Å². The van der Waals surface area contributed by atoms with E-state index in [9.17, 15) is 9.59 Å². The molecule has 1 saturated heterocycles. The summed E-state index contributed by atoms with van der Waals surface area (Å²) in [7, 11) is 1.62. The maximum absolute atomic E-state index is 13.9. The predicted molar refractivity (Wildman–Crippen MR) is 130 cm³/mol. The van der Waals surface area contributed by atoms with E-state index in [4.69, 9.17) is 9.47 Å². The van der Waals surface area contributed by atoms with Crippen molar-refractivity contribution in [3.8, 4) is 5.75 Å². The van der Waals surface area contributed by atoms with Gasteiger partial charge in [0, 0.05) is 31.1 Å². The summed E-state index contributed by atoms with van der Waals surface area (Å²) in [5, 5.41) is 4.03. The van der Waals surface area contributed by atoms with E-state index < -0.39 is 5.54 Å². The smallest absolute Gasteiger partial charge is 0.271 e. The van der Waals surface area contributed by atoms with Gasteiger partial charge in [-0.05, 0) is 50.5 Å². The Balaban J connectivity index is 1.53. The van der Waals surface area contributed by atoms with E-state index in [-0.39, 0.29) is 17.9 Å². The largest absolute Gasteiger partial charge is 0.497 e. The number of methoxy groups -OCH3 is 1. The van der Waals surface area contributed by atoms with Crippen molar-refractivity contribution in [1.29, 1.82) is 0 Å². The van der Waals surface area contributed by atoms with Crippen LogP contribution in [0.4, 0.5) is 0 Å². The molecule has 2 aromatic carbocycles. The van der Waals surface area contributed by atoms with Gasteiger partial charge in [-0.3, -0.25) is 9.59 Å². The Labute approximate surface area is 199 Å². The molecule has 2 unspecified atom stereocenters. The number of aryl methyl sites for hydroxylation is 1. The number of aromatic nitrogens is 1. The molecule has 2 amide bonds. The molecule has 2 aliphatic rings. The lowest BCUT2D eigenvalue weighted by molar-refractivity contribution is -0.133. The first-order valence-corrected chi connectivity index (χ1v) is 11.8. The van der Waals surface area contributed by atoms with Gasteiger partial charge in [-0.1, -0.05) is 29.8 Å². The van der Waals surface area contributed by atoms with Crippen LogP contribution in [0, 0.1) is 6.92 Å². The summed E-state index contributed by atoms with van der Waals surface area (Å²) in [5.74, 6) is 0.392. The average Bonchev–Trinajstić information content (AvgIpc) is 3.49. The third kappa shape index (κ3) is 3.94. The quantitative estimate of drug-likeness (QED) is 0.608. The number of carbonyl (C=O) groups excluding carboxylic acids is 2. The number of fused-ring (bicyclic) bond motifs is 3. The fourth-order valence-electron chi connectivity index (χ4n) is 4.98. The Hall–Kier alpha value is -3.32. The normalized spacial score (nSPS) is 22.1. The molecule has 1 fully saturated rings. The number of nitrogens with one attached hydrogen (secondary N) is 1. The Kier molecular flexibility index (Phi) is 5.81. The first-order valence-electron chi connectivity index (χ1n) is 11.8. The lowest BCUT2D eigenvalue weighted by atomic mass is 9.93. The maximum Gasteiger partial charge on any atom is 0.271 e. The van der Waals surface area contributed by atoms with Gasteiger partial charge in [-0.2, -0.15) is 0 Å². The molecule has 34 heavy (non-hydrogen) atoms. The number of hydrogen-bond donors (Lipinski definition) is 1. The van der Waals surface area contributed by atoms with Crippen molar-refractivity contribution in [2.24, 2.45) is 0 Å². The highest BCUT2D eigenvalue weighted by Gasteiger charge is 2.47. The molecule has 0 saturated carbocycles. The second kappa shape index (κ2) is 8.80. The number of hydrogen-bond acceptors (Lipinski definition) is 4. The van der Waals surface area contributed by atoms with Crippen LogP contribution in [0.15, 0.2) is 48.5 Å². The van der Waals surface area contributed by atoms with Gasteiger partial charge in [0.05, 0.1) is 25.3 Å². The number of nitrogens with zero attached hydrogens (tertiary/aromatic N) is 2. The molecule has 3 aromatic rings. The molecule has 1 aromatic heterocycles. The van der Waals surface area contributed by atoms with Crippen LogP contribution in [0.25, 0.3) is 10.9 Å². The molecule has 2 atom stereocenters. The van der Waals surface area contributed by atoms with E-state index in [1.165, 1.54) is 0 Å². The van der Waals surface area contributed by atoms with Gasteiger partial charge in [0.1, 0.15) is 17.0 Å². The third-order valence-corrected chi connectivity index (χ3v) is 7.10. The molecule has 7 heteroatoms. The second-order valence-electron chi connectivity index (χ2n) is 9.54. The van der Waals surface area contributed by atoms with E-state index in [2.05, 4.69) is 5.32 Å². The molecule has 0 spiro atoms. The fraction of sp³-hybridized carbons (Fsp3) is 0.407. The molecule has 0 bridgehead atoms. The molecule has 7 nitrogen and oxygen atoms in total. The van der Waals surface area contributed by atoms with Crippen LogP contribution in [0.3, 0.4) is 0 Å². The Bertz CT molecular complexity index is 1230. The monoisotopic (exact) mass is 461 g/mol. The van der Waals surface area contributed by atoms with Crippen LogP contribution in [0.1, 0.15) is 41.4 Å². The van der Waals surface area contributed by atoms with Crippen LogP contribution in [0.2, 0.25) is 0 Å². The third-order valence-electron chi connectivity index (χ3n) is 7.10. The van der Waals surface area contributed by atoms with Crippen LogP contribution in [-0.4, -0.2) is 53.2 Å². The second-order valence-corrected chi connectivity index (χ2v) is 9.54. The topological polar surface area (TPSA) is 72.8 Å². The zero-order valence-corrected chi connectivity index (χ0v) is 20.0.